The Kier molecular flexibility index (Phi) is 4.90. The Labute approximate surface area is 128 Å². The molecular weight excluding hydrogens is 294 g/mol. The minimum absolute atomic E-state index is 0.0496. The van der Waals surface area contributed by atoms with Crippen LogP contribution in [0.2, 0.25) is 5.02 Å². The molecule has 1 aliphatic rings. The van der Waals surface area contributed by atoms with Crippen molar-refractivity contribution in [3.63, 3.8) is 0 Å². The van der Waals surface area contributed by atoms with Gasteiger partial charge in [0.15, 0.2) is 0 Å². The normalized spacial score (nSPS) is 17.8. The third-order valence-electron chi connectivity index (χ3n) is 3.93. The number of halogens is 1. The van der Waals surface area contributed by atoms with Gasteiger partial charge < -0.3 is 14.6 Å². The highest BCUT2D eigenvalue weighted by molar-refractivity contribution is 6.31. The van der Waals surface area contributed by atoms with Crippen LogP contribution in [0.25, 0.3) is 0 Å². The van der Waals surface area contributed by atoms with Crippen LogP contribution in [-0.4, -0.2) is 63.6 Å². The van der Waals surface area contributed by atoms with Crippen molar-refractivity contribution >= 4 is 23.5 Å². The first-order valence-electron chi connectivity index (χ1n) is 7.05. The first-order chi connectivity index (χ1) is 9.93. The summed E-state index contributed by atoms with van der Waals surface area (Å²) in [4.78, 5) is 27.1. The largest absolute Gasteiger partial charge is 0.480 e. The van der Waals surface area contributed by atoms with Crippen molar-refractivity contribution in [2.75, 3.05) is 26.2 Å². The number of aliphatic carboxylic acids is 1. The Morgan fingerprint density at radius 1 is 1.33 bits per heavy atom. The van der Waals surface area contributed by atoms with Crippen LogP contribution in [0, 0.1) is 0 Å². The lowest BCUT2D eigenvalue weighted by molar-refractivity contribution is -0.143. The van der Waals surface area contributed by atoms with Crippen molar-refractivity contribution in [2.45, 2.75) is 26.4 Å². The highest BCUT2D eigenvalue weighted by Gasteiger charge is 2.28. The molecule has 6 nitrogen and oxygen atoms in total. The van der Waals surface area contributed by atoms with E-state index in [9.17, 15) is 9.59 Å². The van der Waals surface area contributed by atoms with E-state index in [0.717, 1.165) is 0 Å². The van der Waals surface area contributed by atoms with Crippen molar-refractivity contribution in [1.29, 1.82) is 0 Å². The molecule has 2 rings (SSSR count). The number of nitrogens with zero attached hydrogens (tertiary/aromatic N) is 3. The molecule has 1 fully saturated rings. The number of carboxylic acids is 1. The number of carbonyl (C=O) groups is 2. The summed E-state index contributed by atoms with van der Waals surface area (Å²) >= 11 is 5.96. The zero-order valence-corrected chi connectivity index (χ0v) is 13.0. The van der Waals surface area contributed by atoms with Gasteiger partial charge in [0.25, 0.3) is 5.91 Å². The number of hydrogen-bond donors (Lipinski definition) is 1. The Morgan fingerprint density at radius 2 is 1.95 bits per heavy atom. The number of hydrogen-bond acceptors (Lipinski definition) is 3. The van der Waals surface area contributed by atoms with Gasteiger partial charge in [-0.3, -0.25) is 14.5 Å². The van der Waals surface area contributed by atoms with Crippen LogP contribution >= 0.6 is 11.6 Å². The molecule has 1 aliphatic heterocycles. The van der Waals surface area contributed by atoms with Crippen LogP contribution in [0.3, 0.4) is 0 Å². The maximum absolute atomic E-state index is 12.5. The van der Waals surface area contributed by atoms with Crippen LogP contribution in [0.4, 0.5) is 0 Å². The summed E-state index contributed by atoms with van der Waals surface area (Å²) in [6.45, 7) is 6.51. The molecule has 1 aromatic rings. The van der Waals surface area contributed by atoms with Gasteiger partial charge in [0, 0.05) is 38.9 Å². The Bertz CT molecular complexity index is 536. The van der Waals surface area contributed by atoms with Gasteiger partial charge in [-0.2, -0.15) is 0 Å². The highest BCUT2D eigenvalue weighted by Crippen LogP contribution is 2.17. The highest BCUT2D eigenvalue weighted by atomic mass is 35.5. The quantitative estimate of drug-likeness (QED) is 0.912. The number of piperazine rings is 1. The molecule has 1 atom stereocenters. The summed E-state index contributed by atoms with van der Waals surface area (Å²) in [6, 6.07) is 1.16. The zero-order valence-electron chi connectivity index (χ0n) is 12.3. The number of amides is 1. The summed E-state index contributed by atoms with van der Waals surface area (Å²) in [7, 11) is 0. The second-order valence-electron chi connectivity index (χ2n) is 5.17. The molecule has 1 N–H and O–H groups in total. The third-order valence-corrected chi connectivity index (χ3v) is 4.14. The fourth-order valence-corrected chi connectivity index (χ4v) is 2.77. The van der Waals surface area contributed by atoms with Crippen molar-refractivity contribution in [2.24, 2.45) is 0 Å². The van der Waals surface area contributed by atoms with E-state index in [1.54, 1.807) is 24.1 Å². The van der Waals surface area contributed by atoms with E-state index >= 15 is 0 Å². The van der Waals surface area contributed by atoms with Crippen LogP contribution in [0.1, 0.15) is 24.3 Å². The van der Waals surface area contributed by atoms with Gasteiger partial charge in [-0.25, -0.2) is 0 Å². The van der Waals surface area contributed by atoms with Crippen molar-refractivity contribution < 1.29 is 14.7 Å². The van der Waals surface area contributed by atoms with E-state index in [1.807, 2.05) is 16.4 Å². The molecule has 1 aromatic heterocycles. The molecular formula is C14H20ClN3O3. The fraction of sp³-hybridized carbons (Fsp3) is 0.571. The molecule has 0 aromatic carbocycles. The summed E-state index contributed by atoms with van der Waals surface area (Å²) in [5.74, 6) is -0.882. The minimum atomic E-state index is -0.832. The number of carboxylic acid groups (broad SMARTS) is 1. The molecule has 2 heterocycles. The average molecular weight is 314 g/mol. The van der Waals surface area contributed by atoms with Gasteiger partial charge in [0.2, 0.25) is 0 Å². The lowest BCUT2D eigenvalue weighted by Gasteiger charge is -2.36. The van der Waals surface area contributed by atoms with Crippen molar-refractivity contribution in [3.05, 3.63) is 23.0 Å². The van der Waals surface area contributed by atoms with Gasteiger partial charge in [0.1, 0.15) is 11.7 Å². The summed E-state index contributed by atoms with van der Waals surface area (Å²) in [6.07, 6.45) is 1.75. The third kappa shape index (κ3) is 3.39. The van der Waals surface area contributed by atoms with Crippen molar-refractivity contribution in [3.8, 4) is 0 Å². The monoisotopic (exact) mass is 313 g/mol. The van der Waals surface area contributed by atoms with Gasteiger partial charge in [-0.15, -0.1) is 0 Å². The first kappa shape index (κ1) is 15.9. The van der Waals surface area contributed by atoms with Crippen LogP contribution in [0.5, 0.6) is 0 Å². The fourth-order valence-electron chi connectivity index (χ4n) is 2.55. The number of carbonyl (C=O) groups excluding carboxylic acids is 1. The van der Waals surface area contributed by atoms with Gasteiger partial charge in [-0.1, -0.05) is 11.6 Å². The lowest BCUT2D eigenvalue weighted by atomic mass is 10.2. The summed E-state index contributed by atoms with van der Waals surface area (Å²) in [5, 5.41) is 9.57. The molecule has 0 saturated carbocycles. The SMILES string of the molecule is CCn1cc(Cl)cc1C(=O)N1CCN(C(C)C(=O)O)CC1. The zero-order chi connectivity index (χ0) is 15.6. The van der Waals surface area contributed by atoms with Crippen LogP contribution < -0.4 is 0 Å². The molecule has 7 heteroatoms. The molecule has 0 spiro atoms. The Hall–Kier alpha value is -1.53. The molecule has 21 heavy (non-hydrogen) atoms. The number of rotatable bonds is 4. The molecule has 0 aliphatic carbocycles. The second-order valence-corrected chi connectivity index (χ2v) is 5.61. The average Bonchev–Trinajstić information content (AvgIpc) is 2.86. The van der Waals surface area contributed by atoms with Crippen molar-refractivity contribution in [1.82, 2.24) is 14.4 Å². The minimum Gasteiger partial charge on any atom is -0.480 e. The number of aromatic nitrogens is 1. The molecule has 1 unspecified atom stereocenters. The van der Waals surface area contributed by atoms with E-state index in [0.29, 0.717) is 43.4 Å². The summed E-state index contributed by atoms with van der Waals surface area (Å²) in [5.41, 5.74) is 0.585. The van der Waals surface area contributed by atoms with Crippen LogP contribution in [0.15, 0.2) is 12.3 Å². The topological polar surface area (TPSA) is 65.8 Å². The maximum atomic E-state index is 12.5. The van der Waals surface area contributed by atoms with Gasteiger partial charge in [-0.05, 0) is 19.9 Å². The molecule has 0 radical (unpaired) electrons. The maximum Gasteiger partial charge on any atom is 0.320 e. The summed E-state index contributed by atoms with van der Waals surface area (Å²) < 4.78 is 1.83. The standard InChI is InChI=1S/C14H20ClN3O3/c1-3-16-9-11(15)8-12(16)13(19)18-6-4-17(5-7-18)10(2)14(20)21/h8-10H,3-7H2,1-2H3,(H,20,21). The molecule has 116 valence electrons. The van der Waals surface area contributed by atoms with Gasteiger partial charge in [0.05, 0.1) is 5.02 Å². The Morgan fingerprint density at radius 3 is 2.48 bits per heavy atom. The predicted molar refractivity (Wildman–Crippen MR) is 79.7 cm³/mol. The van der Waals surface area contributed by atoms with E-state index in [-0.39, 0.29) is 5.91 Å². The molecule has 0 bridgehead atoms. The second kappa shape index (κ2) is 6.49. The van der Waals surface area contributed by atoms with E-state index < -0.39 is 12.0 Å². The Balaban J connectivity index is 2.01. The number of aryl methyl sites for hydroxylation is 1. The van der Waals surface area contributed by atoms with E-state index in [4.69, 9.17) is 16.7 Å². The van der Waals surface area contributed by atoms with Crippen LogP contribution in [-0.2, 0) is 11.3 Å². The molecule has 1 amide bonds. The van der Waals surface area contributed by atoms with Gasteiger partial charge >= 0.3 is 5.97 Å². The van der Waals surface area contributed by atoms with E-state index in [2.05, 4.69) is 0 Å². The van der Waals surface area contributed by atoms with E-state index in [1.165, 1.54) is 0 Å². The first-order valence-corrected chi connectivity index (χ1v) is 7.43. The lowest BCUT2D eigenvalue weighted by Crippen LogP contribution is -2.53. The predicted octanol–water partition coefficient (Wildman–Crippen LogP) is 1.39. The smallest absolute Gasteiger partial charge is 0.320 e. The molecule has 1 saturated heterocycles.